The molecule has 11 aromatic rings. The summed E-state index contributed by atoms with van der Waals surface area (Å²) in [6.07, 6.45) is 0. The van der Waals surface area contributed by atoms with E-state index in [4.69, 9.17) is 9.97 Å². The van der Waals surface area contributed by atoms with E-state index in [0.717, 1.165) is 55.4 Å². The predicted octanol–water partition coefficient (Wildman–Crippen LogP) is 16.1. The fourth-order valence-electron chi connectivity index (χ4n) is 8.63. The van der Waals surface area contributed by atoms with Gasteiger partial charge in [0.1, 0.15) is 0 Å². The summed E-state index contributed by atoms with van der Waals surface area (Å²) < 4.78 is 0. The fourth-order valence-corrected chi connectivity index (χ4v) is 8.63. The van der Waals surface area contributed by atoms with Crippen molar-refractivity contribution in [1.82, 2.24) is 9.97 Å². The van der Waals surface area contributed by atoms with Gasteiger partial charge >= 0.3 is 0 Å². The second kappa shape index (κ2) is 16.1. The largest absolute Gasteiger partial charge is 0.228 e. The molecule has 2 heteroatoms. The van der Waals surface area contributed by atoms with E-state index >= 15 is 0 Å². The summed E-state index contributed by atoms with van der Waals surface area (Å²) >= 11 is 0. The lowest BCUT2D eigenvalue weighted by Crippen LogP contribution is -1.96. The van der Waals surface area contributed by atoms with Gasteiger partial charge in [-0.05, 0) is 102 Å². The topological polar surface area (TPSA) is 25.8 Å². The summed E-state index contributed by atoms with van der Waals surface area (Å²) in [5, 5.41) is 3.37. The zero-order valence-electron chi connectivity index (χ0n) is 34.0. The highest BCUT2D eigenvalue weighted by atomic mass is 14.9. The highest BCUT2D eigenvalue weighted by molar-refractivity contribution is 6.12. The van der Waals surface area contributed by atoms with Crippen molar-refractivity contribution in [2.45, 2.75) is 0 Å². The molecule has 1 aromatic heterocycles. The number of nitrogens with zero attached hydrogens (tertiary/aromatic N) is 2. The van der Waals surface area contributed by atoms with Crippen LogP contribution in [0.5, 0.6) is 0 Å². The van der Waals surface area contributed by atoms with Gasteiger partial charge in [0.05, 0.1) is 11.2 Å². The summed E-state index contributed by atoms with van der Waals surface area (Å²) in [4.78, 5) is 10.6. The van der Waals surface area contributed by atoms with E-state index in [1.165, 1.54) is 49.9 Å². The SMILES string of the molecule is c1ccc(-c2cccc(-c3ccc(-c4ccc(-c5nc(-c6cccc(-c7ccc(-c8cccc(-c9ccccc9)c8)cc7)c6)c6c(ccc7ccccc76)n5)cc4)cc3)c2)cc1. The van der Waals surface area contributed by atoms with E-state index in [1.54, 1.807) is 0 Å². The summed E-state index contributed by atoms with van der Waals surface area (Å²) in [6, 6.07) is 86.6. The van der Waals surface area contributed by atoms with E-state index < -0.39 is 0 Å². The van der Waals surface area contributed by atoms with Crippen LogP contribution in [0.3, 0.4) is 0 Å². The lowest BCUT2D eigenvalue weighted by atomic mass is 9.95. The van der Waals surface area contributed by atoms with Crippen molar-refractivity contribution in [2.24, 2.45) is 0 Å². The van der Waals surface area contributed by atoms with Gasteiger partial charge in [-0.15, -0.1) is 0 Å². The maximum atomic E-state index is 5.38. The van der Waals surface area contributed by atoms with Crippen molar-refractivity contribution in [3.63, 3.8) is 0 Å². The van der Waals surface area contributed by atoms with Crippen molar-refractivity contribution < 1.29 is 0 Å². The molecule has 0 amide bonds. The van der Waals surface area contributed by atoms with Crippen LogP contribution in [0, 0.1) is 0 Å². The molecule has 1 heterocycles. The molecule has 0 N–H and O–H groups in total. The van der Waals surface area contributed by atoms with Gasteiger partial charge in [0.25, 0.3) is 0 Å². The number of hydrogen-bond donors (Lipinski definition) is 0. The third-order valence-corrected chi connectivity index (χ3v) is 11.9. The van der Waals surface area contributed by atoms with Crippen LogP contribution in [0.15, 0.2) is 243 Å². The van der Waals surface area contributed by atoms with Crippen molar-refractivity contribution in [3.05, 3.63) is 243 Å². The molecule has 0 spiro atoms. The Bertz CT molecular complexity index is 3350. The second-order valence-corrected chi connectivity index (χ2v) is 15.8. The van der Waals surface area contributed by atoms with Crippen LogP contribution in [0.2, 0.25) is 0 Å². The van der Waals surface area contributed by atoms with Crippen molar-refractivity contribution in [3.8, 4) is 89.4 Å². The number of hydrogen-bond acceptors (Lipinski definition) is 2. The van der Waals surface area contributed by atoms with Gasteiger partial charge < -0.3 is 0 Å². The Hall–Kier alpha value is -8.20. The molecule has 0 fully saturated rings. The van der Waals surface area contributed by atoms with E-state index in [2.05, 4.69) is 243 Å². The predicted molar refractivity (Wildman–Crippen MR) is 261 cm³/mol. The minimum absolute atomic E-state index is 0.704. The van der Waals surface area contributed by atoms with E-state index in [1.807, 2.05) is 0 Å². The molecule has 0 radical (unpaired) electrons. The third-order valence-electron chi connectivity index (χ3n) is 11.9. The molecule has 290 valence electrons. The van der Waals surface area contributed by atoms with E-state index in [9.17, 15) is 0 Å². The van der Waals surface area contributed by atoms with Crippen molar-refractivity contribution >= 4 is 21.7 Å². The lowest BCUT2D eigenvalue weighted by Gasteiger charge is -2.13. The van der Waals surface area contributed by atoms with Gasteiger partial charge in [-0.25, -0.2) is 9.97 Å². The molecule has 0 saturated heterocycles. The van der Waals surface area contributed by atoms with Gasteiger partial charge in [0.2, 0.25) is 0 Å². The summed E-state index contributed by atoms with van der Waals surface area (Å²) in [7, 11) is 0. The van der Waals surface area contributed by atoms with E-state index in [-0.39, 0.29) is 0 Å². The maximum Gasteiger partial charge on any atom is 0.160 e. The highest BCUT2D eigenvalue weighted by Crippen LogP contribution is 2.37. The van der Waals surface area contributed by atoms with Gasteiger partial charge in [0, 0.05) is 16.5 Å². The summed E-state index contributed by atoms with van der Waals surface area (Å²) in [5.41, 5.74) is 18.1. The van der Waals surface area contributed by atoms with Crippen LogP contribution in [-0.4, -0.2) is 9.97 Å². The monoisotopic (exact) mass is 788 g/mol. The average molecular weight is 789 g/mol. The molecule has 0 atom stereocenters. The Balaban J connectivity index is 0.911. The molecule has 0 aliphatic rings. The number of aromatic nitrogens is 2. The first-order valence-electron chi connectivity index (χ1n) is 21.1. The van der Waals surface area contributed by atoms with Crippen LogP contribution in [0.4, 0.5) is 0 Å². The Labute approximate surface area is 362 Å². The van der Waals surface area contributed by atoms with E-state index in [0.29, 0.717) is 5.82 Å². The van der Waals surface area contributed by atoms with Crippen molar-refractivity contribution in [1.29, 1.82) is 0 Å². The molecular formula is C60H40N2. The Morgan fingerprint density at radius 1 is 0.226 bits per heavy atom. The van der Waals surface area contributed by atoms with Crippen LogP contribution in [0.25, 0.3) is 111 Å². The third kappa shape index (κ3) is 7.25. The number of benzene rings is 10. The zero-order chi connectivity index (χ0) is 41.2. The molecule has 0 aliphatic heterocycles. The Morgan fingerprint density at radius 2 is 0.581 bits per heavy atom. The minimum Gasteiger partial charge on any atom is -0.228 e. The lowest BCUT2D eigenvalue weighted by molar-refractivity contribution is 1.23. The molecule has 0 unspecified atom stereocenters. The van der Waals surface area contributed by atoms with Crippen LogP contribution in [0.1, 0.15) is 0 Å². The van der Waals surface area contributed by atoms with Gasteiger partial charge in [-0.2, -0.15) is 0 Å². The number of rotatable bonds is 8. The van der Waals surface area contributed by atoms with Crippen LogP contribution < -0.4 is 0 Å². The molecule has 11 rings (SSSR count). The van der Waals surface area contributed by atoms with Crippen LogP contribution in [-0.2, 0) is 0 Å². The first-order valence-corrected chi connectivity index (χ1v) is 21.1. The quantitative estimate of drug-likeness (QED) is 0.143. The second-order valence-electron chi connectivity index (χ2n) is 15.8. The molecule has 0 bridgehead atoms. The van der Waals surface area contributed by atoms with Crippen molar-refractivity contribution in [2.75, 3.05) is 0 Å². The Morgan fingerprint density at radius 3 is 1.06 bits per heavy atom. The standard InChI is InChI=1S/C60H40N2/c1-3-12-41(13-4-1)50-17-9-19-52(38-50)45-26-24-43(25-27-45)44-32-34-49(35-33-44)60-61-57-37-36-48-16-7-8-23-56(48)58(57)59(62-60)55-22-11-21-54(40-55)47-30-28-46(29-31-47)53-20-10-18-51(39-53)42-14-5-2-6-15-42/h1-40H. The number of fused-ring (bicyclic) bond motifs is 3. The highest BCUT2D eigenvalue weighted by Gasteiger charge is 2.16. The van der Waals surface area contributed by atoms with Gasteiger partial charge in [-0.1, -0.05) is 218 Å². The molecule has 62 heavy (non-hydrogen) atoms. The smallest absolute Gasteiger partial charge is 0.160 e. The maximum absolute atomic E-state index is 5.38. The normalized spacial score (nSPS) is 11.2. The molecule has 0 aliphatic carbocycles. The van der Waals surface area contributed by atoms with Crippen LogP contribution >= 0.6 is 0 Å². The summed E-state index contributed by atoms with van der Waals surface area (Å²) in [6.45, 7) is 0. The fraction of sp³-hybridized carbons (Fsp3) is 0. The molecule has 10 aromatic carbocycles. The first-order chi connectivity index (χ1) is 30.7. The average Bonchev–Trinajstić information content (AvgIpc) is 3.37. The zero-order valence-corrected chi connectivity index (χ0v) is 34.0. The van der Waals surface area contributed by atoms with Gasteiger partial charge in [-0.3, -0.25) is 0 Å². The van der Waals surface area contributed by atoms with Gasteiger partial charge in [0.15, 0.2) is 5.82 Å². The minimum atomic E-state index is 0.704. The molecule has 2 nitrogen and oxygen atoms in total. The first kappa shape index (κ1) is 36.8. The summed E-state index contributed by atoms with van der Waals surface area (Å²) in [5.74, 6) is 0.704. The Kier molecular flexibility index (Phi) is 9.57. The molecule has 0 saturated carbocycles. The molecular weight excluding hydrogens is 749 g/mol.